The fraction of sp³-hybridized carbons (Fsp3) is 0. The summed E-state index contributed by atoms with van der Waals surface area (Å²) in [5.74, 6) is 0. The van der Waals surface area contributed by atoms with Crippen molar-refractivity contribution in [2.75, 3.05) is 0 Å². The highest BCUT2D eigenvalue weighted by Crippen LogP contribution is 2.41. The summed E-state index contributed by atoms with van der Waals surface area (Å²) in [5.41, 5.74) is 6.44. The number of fused-ring (bicyclic) bond motifs is 8. The third kappa shape index (κ3) is 1.89. The Hall–Kier alpha value is -3.84. The molecule has 0 aliphatic carbocycles. The number of aromatic nitrogens is 1. The molecule has 0 saturated heterocycles. The summed E-state index contributed by atoms with van der Waals surface area (Å²) in [6, 6.07) is 37.5. The van der Waals surface area contributed by atoms with Crippen LogP contribution in [-0.2, 0) is 0 Å². The summed E-state index contributed by atoms with van der Waals surface area (Å²) in [4.78, 5) is 0. The molecule has 5 aromatic carbocycles. The molecule has 0 amide bonds. The highest BCUT2D eigenvalue weighted by Gasteiger charge is 2.18. The third-order valence-corrected chi connectivity index (χ3v) is 6.31. The summed E-state index contributed by atoms with van der Waals surface area (Å²) in [6.07, 6.45) is 0. The molecule has 0 spiro atoms. The molecule has 0 atom stereocenters. The van der Waals surface area contributed by atoms with Crippen LogP contribution in [0.2, 0.25) is 0 Å². The van der Waals surface area contributed by atoms with Crippen LogP contribution in [0.25, 0.3) is 60.0 Å². The molecule has 2 heterocycles. The normalized spacial score (nSPS) is 12.1. The minimum Gasteiger partial charge on any atom is -0.307 e. The number of benzene rings is 5. The Morgan fingerprint density at radius 3 is 1.97 bits per heavy atom. The van der Waals surface area contributed by atoms with Crippen molar-refractivity contribution in [2.24, 2.45) is 0 Å². The van der Waals surface area contributed by atoms with Gasteiger partial charge in [-0.1, -0.05) is 91.0 Å². The Bertz CT molecular complexity index is 1690. The number of hydrogen-bond acceptors (Lipinski definition) is 0. The van der Waals surface area contributed by atoms with Gasteiger partial charge in [-0.3, -0.25) is 0 Å². The highest BCUT2D eigenvalue weighted by molar-refractivity contribution is 6.27. The van der Waals surface area contributed by atoms with Gasteiger partial charge in [0, 0.05) is 26.9 Å². The van der Waals surface area contributed by atoms with Gasteiger partial charge < -0.3 is 4.40 Å². The number of nitrogens with zero attached hydrogens (tertiary/aromatic N) is 1. The monoisotopic (exact) mass is 367 g/mol. The molecule has 0 saturated carbocycles. The lowest BCUT2D eigenvalue weighted by Gasteiger charge is -2.07. The Morgan fingerprint density at radius 2 is 1.07 bits per heavy atom. The van der Waals surface area contributed by atoms with E-state index in [2.05, 4.69) is 108 Å². The van der Waals surface area contributed by atoms with Crippen LogP contribution in [0.15, 0.2) is 103 Å². The van der Waals surface area contributed by atoms with Gasteiger partial charge in [-0.2, -0.15) is 0 Å². The van der Waals surface area contributed by atoms with Gasteiger partial charge in [0.1, 0.15) is 0 Å². The van der Waals surface area contributed by atoms with Crippen LogP contribution in [0.3, 0.4) is 0 Å². The van der Waals surface area contributed by atoms with Gasteiger partial charge in [0.25, 0.3) is 0 Å². The smallest absolute Gasteiger partial charge is 0.0620 e. The summed E-state index contributed by atoms with van der Waals surface area (Å²) in [5, 5.41) is 7.91. The number of hydrogen-bond donors (Lipinski definition) is 0. The molecule has 7 aromatic rings. The van der Waals surface area contributed by atoms with Crippen molar-refractivity contribution in [1.29, 1.82) is 0 Å². The Kier molecular flexibility index (Phi) is 2.80. The van der Waals surface area contributed by atoms with Crippen molar-refractivity contribution in [1.82, 2.24) is 4.40 Å². The van der Waals surface area contributed by atoms with E-state index in [1.165, 1.54) is 60.0 Å². The third-order valence-electron chi connectivity index (χ3n) is 6.31. The zero-order valence-electron chi connectivity index (χ0n) is 15.8. The SMILES string of the molecule is c1ccc(-c2ccc3ccc4c5cccc6c7ccccc7n(c4c3c2)c65)cc1. The van der Waals surface area contributed by atoms with E-state index in [1.807, 2.05) is 0 Å². The molecule has 0 aliphatic rings. The minimum absolute atomic E-state index is 1.25. The van der Waals surface area contributed by atoms with Gasteiger partial charge in [-0.05, 0) is 28.6 Å². The van der Waals surface area contributed by atoms with Crippen molar-refractivity contribution in [3.63, 3.8) is 0 Å². The largest absolute Gasteiger partial charge is 0.307 e. The van der Waals surface area contributed by atoms with Crippen LogP contribution >= 0.6 is 0 Å². The van der Waals surface area contributed by atoms with Crippen molar-refractivity contribution < 1.29 is 0 Å². The van der Waals surface area contributed by atoms with Crippen molar-refractivity contribution in [3.05, 3.63) is 103 Å². The summed E-state index contributed by atoms with van der Waals surface area (Å²) in [6.45, 7) is 0. The molecule has 0 aliphatic heterocycles. The van der Waals surface area contributed by atoms with Gasteiger partial charge >= 0.3 is 0 Å². The predicted octanol–water partition coefficient (Wildman–Crippen LogP) is 7.66. The van der Waals surface area contributed by atoms with Crippen LogP contribution in [0, 0.1) is 0 Å². The second-order valence-electron chi connectivity index (χ2n) is 7.82. The lowest BCUT2D eigenvalue weighted by Crippen LogP contribution is -1.84. The van der Waals surface area contributed by atoms with E-state index in [4.69, 9.17) is 0 Å². The van der Waals surface area contributed by atoms with Crippen LogP contribution in [0.4, 0.5) is 0 Å². The van der Waals surface area contributed by atoms with Crippen molar-refractivity contribution in [2.45, 2.75) is 0 Å². The quantitative estimate of drug-likeness (QED) is 0.280. The molecule has 134 valence electrons. The van der Waals surface area contributed by atoms with E-state index in [9.17, 15) is 0 Å². The summed E-state index contributed by atoms with van der Waals surface area (Å²) < 4.78 is 2.48. The van der Waals surface area contributed by atoms with E-state index >= 15 is 0 Å². The highest BCUT2D eigenvalue weighted by atomic mass is 14.9. The predicted molar refractivity (Wildman–Crippen MR) is 124 cm³/mol. The molecule has 2 aromatic heterocycles. The van der Waals surface area contributed by atoms with E-state index in [0.29, 0.717) is 0 Å². The maximum absolute atomic E-state index is 2.48. The summed E-state index contributed by atoms with van der Waals surface area (Å²) >= 11 is 0. The molecule has 1 nitrogen and oxygen atoms in total. The lowest BCUT2D eigenvalue weighted by molar-refractivity contribution is 1.38. The maximum Gasteiger partial charge on any atom is 0.0620 e. The summed E-state index contributed by atoms with van der Waals surface area (Å²) in [7, 11) is 0. The minimum atomic E-state index is 1.25. The van der Waals surface area contributed by atoms with Crippen LogP contribution in [-0.4, -0.2) is 4.40 Å². The lowest BCUT2D eigenvalue weighted by atomic mass is 9.99. The number of rotatable bonds is 1. The molecular formula is C28H17N. The Balaban J connectivity index is 1.75. The second-order valence-corrected chi connectivity index (χ2v) is 7.82. The van der Waals surface area contributed by atoms with Gasteiger partial charge in [0.15, 0.2) is 0 Å². The first-order chi connectivity index (χ1) is 14.4. The van der Waals surface area contributed by atoms with Gasteiger partial charge in [0.2, 0.25) is 0 Å². The first kappa shape index (κ1) is 15.1. The average molecular weight is 367 g/mol. The molecule has 0 unspecified atom stereocenters. The zero-order valence-corrected chi connectivity index (χ0v) is 15.8. The first-order valence-corrected chi connectivity index (χ1v) is 10.1. The molecule has 29 heavy (non-hydrogen) atoms. The average Bonchev–Trinajstić information content (AvgIpc) is 3.31. The molecule has 0 N–H and O–H groups in total. The number of para-hydroxylation sites is 2. The molecule has 0 fully saturated rings. The van der Waals surface area contributed by atoms with Gasteiger partial charge in [-0.15, -0.1) is 0 Å². The maximum atomic E-state index is 2.48. The van der Waals surface area contributed by atoms with E-state index in [-0.39, 0.29) is 0 Å². The molecule has 0 bridgehead atoms. The Labute approximate surface area is 167 Å². The second kappa shape index (κ2) is 5.36. The standard InChI is InChI=1S/C28H17N/c1-2-7-18(8-3-1)20-14-13-19-15-16-24-23-11-6-10-22-21-9-4-5-12-26(21)29(27(22)23)28(24)25(19)17-20/h1-17H. The zero-order chi connectivity index (χ0) is 18.9. The van der Waals surface area contributed by atoms with E-state index < -0.39 is 0 Å². The molecule has 1 heteroatoms. The first-order valence-electron chi connectivity index (χ1n) is 10.1. The van der Waals surface area contributed by atoms with E-state index in [1.54, 1.807) is 0 Å². The van der Waals surface area contributed by atoms with Gasteiger partial charge in [0.05, 0.1) is 16.6 Å². The Morgan fingerprint density at radius 1 is 0.414 bits per heavy atom. The van der Waals surface area contributed by atoms with Crippen LogP contribution < -0.4 is 0 Å². The van der Waals surface area contributed by atoms with Crippen molar-refractivity contribution >= 4 is 48.9 Å². The topological polar surface area (TPSA) is 4.41 Å². The molecule has 0 radical (unpaired) electrons. The van der Waals surface area contributed by atoms with Crippen LogP contribution in [0.5, 0.6) is 0 Å². The van der Waals surface area contributed by atoms with Gasteiger partial charge in [-0.25, -0.2) is 0 Å². The van der Waals surface area contributed by atoms with Crippen molar-refractivity contribution in [3.8, 4) is 11.1 Å². The van der Waals surface area contributed by atoms with E-state index in [0.717, 1.165) is 0 Å². The fourth-order valence-electron chi connectivity index (χ4n) is 5.04. The molecular weight excluding hydrogens is 350 g/mol. The van der Waals surface area contributed by atoms with Crippen LogP contribution in [0.1, 0.15) is 0 Å². The fourth-order valence-corrected chi connectivity index (χ4v) is 5.04. The molecule has 7 rings (SSSR count).